The first-order chi connectivity index (χ1) is 9.31. The largest absolute Gasteiger partial charge is 0.294 e. The molecule has 1 aliphatic heterocycles. The van der Waals surface area contributed by atoms with E-state index in [1.807, 2.05) is 11.0 Å². The molecule has 2 aromatic rings. The molecular weight excluding hydrogens is 324 g/mol. The van der Waals surface area contributed by atoms with E-state index in [-0.39, 0.29) is 0 Å². The SMILES string of the molecule is Brc1cc(CN2CCCCC2Cn2cncn2)cs1. The molecule has 0 amide bonds. The second-order valence-electron chi connectivity index (χ2n) is 5.00. The maximum atomic E-state index is 4.23. The maximum absolute atomic E-state index is 4.23. The Bertz CT molecular complexity index is 510. The molecule has 19 heavy (non-hydrogen) atoms. The van der Waals surface area contributed by atoms with Crippen molar-refractivity contribution in [2.45, 2.75) is 38.4 Å². The van der Waals surface area contributed by atoms with E-state index in [1.165, 1.54) is 35.2 Å². The molecule has 0 bridgehead atoms. The molecule has 1 saturated heterocycles. The monoisotopic (exact) mass is 340 g/mol. The van der Waals surface area contributed by atoms with Gasteiger partial charge in [0.1, 0.15) is 12.7 Å². The number of likely N-dealkylation sites (tertiary alicyclic amines) is 1. The standard InChI is InChI=1S/C13H17BrN4S/c14-13-5-11(8-19-13)6-17-4-2-1-3-12(17)7-18-10-15-9-16-18/h5,8-10,12H,1-4,6-7H2. The summed E-state index contributed by atoms with van der Waals surface area (Å²) in [5.74, 6) is 0. The van der Waals surface area contributed by atoms with E-state index in [9.17, 15) is 0 Å². The summed E-state index contributed by atoms with van der Waals surface area (Å²) >= 11 is 5.30. The van der Waals surface area contributed by atoms with Gasteiger partial charge in [-0.2, -0.15) is 5.10 Å². The fraction of sp³-hybridized carbons (Fsp3) is 0.538. The van der Waals surface area contributed by atoms with Crippen molar-refractivity contribution in [1.29, 1.82) is 0 Å². The number of aromatic nitrogens is 3. The second-order valence-corrected chi connectivity index (χ2v) is 7.29. The summed E-state index contributed by atoms with van der Waals surface area (Å²) < 4.78 is 3.17. The summed E-state index contributed by atoms with van der Waals surface area (Å²) in [5.41, 5.74) is 1.40. The van der Waals surface area contributed by atoms with Gasteiger partial charge in [-0.15, -0.1) is 11.3 Å². The molecule has 4 nitrogen and oxygen atoms in total. The number of nitrogens with zero attached hydrogens (tertiary/aromatic N) is 4. The van der Waals surface area contributed by atoms with E-state index in [0.717, 1.165) is 13.1 Å². The third-order valence-corrected chi connectivity index (χ3v) is 5.17. The Balaban J connectivity index is 1.66. The summed E-state index contributed by atoms with van der Waals surface area (Å²) in [5, 5.41) is 6.47. The van der Waals surface area contributed by atoms with Crippen molar-refractivity contribution in [3.05, 3.63) is 33.5 Å². The molecule has 102 valence electrons. The quantitative estimate of drug-likeness (QED) is 0.857. The molecule has 0 N–H and O–H groups in total. The molecule has 6 heteroatoms. The minimum Gasteiger partial charge on any atom is -0.294 e. The first-order valence-corrected chi connectivity index (χ1v) is 8.28. The van der Waals surface area contributed by atoms with E-state index in [0.29, 0.717) is 6.04 Å². The Morgan fingerprint density at radius 3 is 3.11 bits per heavy atom. The molecule has 0 spiro atoms. The van der Waals surface area contributed by atoms with Crippen LogP contribution in [-0.4, -0.2) is 32.3 Å². The molecule has 2 aromatic heterocycles. The molecule has 0 aliphatic carbocycles. The highest BCUT2D eigenvalue weighted by atomic mass is 79.9. The van der Waals surface area contributed by atoms with Crippen LogP contribution in [0.4, 0.5) is 0 Å². The molecular formula is C13H17BrN4S. The lowest BCUT2D eigenvalue weighted by Crippen LogP contribution is -2.41. The van der Waals surface area contributed by atoms with Crippen LogP contribution in [0.3, 0.4) is 0 Å². The first-order valence-electron chi connectivity index (χ1n) is 6.60. The Kier molecular flexibility index (Phi) is 4.30. The smallest absolute Gasteiger partial charge is 0.137 e. The van der Waals surface area contributed by atoms with Gasteiger partial charge in [0, 0.05) is 12.6 Å². The Morgan fingerprint density at radius 2 is 2.37 bits per heavy atom. The number of hydrogen-bond acceptors (Lipinski definition) is 4. The maximum Gasteiger partial charge on any atom is 0.137 e. The summed E-state index contributed by atoms with van der Waals surface area (Å²) in [6, 6.07) is 2.81. The predicted octanol–water partition coefficient (Wildman–Crippen LogP) is 3.16. The lowest BCUT2D eigenvalue weighted by atomic mass is 10.0. The third-order valence-electron chi connectivity index (χ3n) is 3.62. The van der Waals surface area contributed by atoms with E-state index in [4.69, 9.17) is 0 Å². The van der Waals surface area contributed by atoms with Crippen LogP contribution in [0.1, 0.15) is 24.8 Å². The van der Waals surface area contributed by atoms with E-state index in [1.54, 1.807) is 17.7 Å². The van der Waals surface area contributed by atoms with Crippen LogP contribution in [-0.2, 0) is 13.1 Å². The fourth-order valence-electron chi connectivity index (χ4n) is 2.68. The zero-order chi connectivity index (χ0) is 13.1. The highest BCUT2D eigenvalue weighted by Gasteiger charge is 2.23. The summed E-state index contributed by atoms with van der Waals surface area (Å²) in [6.45, 7) is 3.18. The number of thiophene rings is 1. The predicted molar refractivity (Wildman–Crippen MR) is 80.1 cm³/mol. The van der Waals surface area contributed by atoms with Crippen LogP contribution in [0.15, 0.2) is 27.9 Å². The van der Waals surface area contributed by atoms with Crippen molar-refractivity contribution in [2.24, 2.45) is 0 Å². The van der Waals surface area contributed by atoms with Crippen molar-refractivity contribution in [3.8, 4) is 0 Å². The van der Waals surface area contributed by atoms with Gasteiger partial charge in [0.05, 0.1) is 10.3 Å². The van der Waals surface area contributed by atoms with E-state index in [2.05, 4.69) is 42.4 Å². The number of hydrogen-bond donors (Lipinski definition) is 0. The highest BCUT2D eigenvalue weighted by Crippen LogP contribution is 2.25. The average molecular weight is 341 g/mol. The van der Waals surface area contributed by atoms with Crippen molar-refractivity contribution < 1.29 is 0 Å². The zero-order valence-corrected chi connectivity index (χ0v) is 13.1. The van der Waals surface area contributed by atoms with Crippen LogP contribution < -0.4 is 0 Å². The van der Waals surface area contributed by atoms with Crippen molar-refractivity contribution in [2.75, 3.05) is 6.54 Å². The van der Waals surface area contributed by atoms with Gasteiger partial charge in [0.25, 0.3) is 0 Å². The second kappa shape index (κ2) is 6.15. The van der Waals surface area contributed by atoms with Gasteiger partial charge in [-0.1, -0.05) is 6.42 Å². The highest BCUT2D eigenvalue weighted by molar-refractivity contribution is 9.11. The van der Waals surface area contributed by atoms with Crippen molar-refractivity contribution in [1.82, 2.24) is 19.7 Å². The molecule has 3 heterocycles. The minimum absolute atomic E-state index is 0.578. The lowest BCUT2D eigenvalue weighted by Gasteiger charge is -2.35. The van der Waals surface area contributed by atoms with Crippen LogP contribution >= 0.6 is 27.3 Å². The summed E-state index contributed by atoms with van der Waals surface area (Å²) in [7, 11) is 0. The Hall–Kier alpha value is -0.720. The van der Waals surface area contributed by atoms with Gasteiger partial charge in [-0.05, 0) is 52.3 Å². The molecule has 1 atom stereocenters. The normalized spacial score (nSPS) is 20.8. The summed E-state index contributed by atoms with van der Waals surface area (Å²) in [6.07, 6.45) is 7.31. The lowest BCUT2D eigenvalue weighted by molar-refractivity contribution is 0.122. The zero-order valence-electron chi connectivity index (χ0n) is 10.7. The third kappa shape index (κ3) is 3.43. The van der Waals surface area contributed by atoms with Crippen molar-refractivity contribution in [3.63, 3.8) is 0 Å². The molecule has 1 unspecified atom stereocenters. The van der Waals surface area contributed by atoms with Gasteiger partial charge in [0.2, 0.25) is 0 Å². The van der Waals surface area contributed by atoms with Crippen LogP contribution in [0, 0.1) is 0 Å². The molecule has 0 saturated carbocycles. The van der Waals surface area contributed by atoms with Gasteiger partial charge in [-0.3, -0.25) is 9.58 Å². The fourth-order valence-corrected chi connectivity index (χ4v) is 3.88. The van der Waals surface area contributed by atoms with E-state index >= 15 is 0 Å². The minimum atomic E-state index is 0.578. The van der Waals surface area contributed by atoms with Gasteiger partial charge in [0.15, 0.2) is 0 Å². The Morgan fingerprint density at radius 1 is 1.42 bits per heavy atom. The molecule has 3 rings (SSSR count). The van der Waals surface area contributed by atoms with Crippen LogP contribution in [0.5, 0.6) is 0 Å². The topological polar surface area (TPSA) is 34.0 Å². The molecule has 1 aliphatic rings. The van der Waals surface area contributed by atoms with Gasteiger partial charge >= 0.3 is 0 Å². The number of piperidine rings is 1. The van der Waals surface area contributed by atoms with Gasteiger partial charge < -0.3 is 0 Å². The van der Waals surface area contributed by atoms with Crippen LogP contribution in [0.25, 0.3) is 0 Å². The molecule has 0 aromatic carbocycles. The van der Waals surface area contributed by atoms with Crippen molar-refractivity contribution >= 4 is 27.3 Å². The first kappa shape index (κ1) is 13.3. The van der Waals surface area contributed by atoms with E-state index < -0.39 is 0 Å². The van der Waals surface area contributed by atoms with Gasteiger partial charge in [-0.25, -0.2) is 4.98 Å². The summed E-state index contributed by atoms with van der Waals surface area (Å²) in [4.78, 5) is 6.61. The number of halogens is 1. The Labute approximate surface area is 125 Å². The molecule has 1 fully saturated rings. The number of rotatable bonds is 4. The van der Waals surface area contributed by atoms with Crippen LogP contribution in [0.2, 0.25) is 0 Å². The average Bonchev–Trinajstić information content (AvgIpc) is 3.04. The molecule has 0 radical (unpaired) electrons.